The van der Waals surface area contributed by atoms with Gasteiger partial charge in [-0.2, -0.15) is 0 Å². The van der Waals surface area contributed by atoms with E-state index in [2.05, 4.69) is 36.1 Å². The second-order valence-corrected chi connectivity index (χ2v) is 3.40. The van der Waals surface area contributed by atoms with Gasteiger partial charge in [-0.3, -0.25) is 0 Å². The third kappa shape index (κ3) is 1.42. The van der Waals surface area contributed by atoms with Gasteiger partial charge in [0.05, 0.1) is 0 Å². The molecular formula is C9H11NS. The maximum Gasteiger partial charge on any atom is 0.0208 e. The molecule has 1 aliphatic heterocycles. The number of fused-ring (bicyclic) bond motifs is 1. The van der Waals surface area contributed by atoms with E-state index in [1.54, 1.807) is 0 Å². The van der Waals surface area contributed by atoms with E-state index >= 15 is 0 Å². The summed E-state index contributed by atoms with van der Waals surface area (Å²) in [6, 6.07) is 6.37. The third-order valence-corrected chi connectivity index (χ3v) is 2.35. The molecule has 11 heavy (non-hydrogen) atoms. The molecule has 0 radical (unpaired) electrons. The molecule has 0 aliphatic carbocycles. The van der Waals surface area contributed by atoms with Crippen LogP contribution in [0, 0.1) is 0 Å². The van der Waals surface area contributed by atoms with Gasteiger partial charge in [0.1, 0.15) is 0 Å². The van der Waals surface area contributed by atoms with Crippen molar-refractivity contribution in [2.75, 3.05) is 6.54 Å². The molecule has 0 amide bonds. The number of hydrogen-bond donors (Lipinski definition) is 2. The van der Waals surface area contributed by atoms with Gasteiger partial charge in [-0.15, -0.1) is 12.6 Å². The molecule has 2 rings (SSSR count). The largest absolute Gasteiger partial charge is 0.312 e. The highest BCUT2D eigenvalue weighted by atomic mass is 32.1. The van der Waals surface area contributed by atoms with Crippen LogP contribution in [-0.2, 0) is 13.0 Å². The third-order valence-electron chi connectivity index (χ3n) is 2.08. The first-order valence-corrected chi connectivity index (χ1v) is 4.32. The average molecular weight is 165 g/mol. The lowest BCUT2D eigenvalue weighted by Gasteiger charge is -2.16. The fourth-order valence-electron chi connectivity index (χ4n) is 1.46. The van der Waals surface area contributed by atoms with E-state index in [0.29, 0.717) is 0 Å². The lowest BCUT2D eigenvalue weighted by atomic mass is 10.0. The molecule has 0 fully saturated rings. The highest BCUT2D eigenvalue weighted by Crippen LogP contribution is 2.17. The minimum absolute atomic E-state index is 1.02. The fourth-order valence-corrected chi connectivity index (χ4v) is 1.69. The van der Waals surface area contributed by atoms with Gasteiger partial charge in [-0.25, -0.2) is 0 Å². The highest BCUT2D eigenvalue weighted by molar-refractivity contribution is 7.80. The molecule has 1 N–H and O–H groups in total. The molecule has 0 unspecified atom stereocenters. The molecule has 1 aromatic carbocycles. The van der Waals surface area contributed by atoms with Crippen LogP contribution in [0.1, 0.15) is 11.1 Å². The molecule has 0 aromatic heterocycles. The van der Waals surface area contributed by atoms with Gasteiger partial charge in [-0.05, 0) is 36.2 Å². The number of benzene rings is 1. The van der Waals surface area contributed by atoms with Crippen LogP contribution in [0.4, 0.5) is 0 Å². The molecule has 0 bridgehead atoms. The van der Waals surface area contributed by atoms with Crippen molar-refractivity contribution in [3.8, 4) is 0 Å². The topological polar surface area (TPSA) is 12.0 Å². The Kier molecular flexibility index (Phi) is 1.88. The number of nitrogens with one attached hydrogen (secondary N) is 1. The summed E-state index contributed by atoms with van der Waals surface area (Å²) in [6.45, 7) is 2.12. The first-order valence-electron chi connectivity index (χ1n) is 3.88. The Bertz CT molecular complexity index is 270. The van der Waals surface area contributed by atoms with Gasteiger partial charge in [0.2, 0.25) is 0 Å². The van der Waals surface area contributed by atoms with Crippen molar-refractivity contribution in [1.82, 2.24) is 5.32 Å². The predicted octanol–water partition coefficient (Wildman–Crippen LogP) is 1.62. The van der Waals surface area contributed by atoms with Crippen LogP contribution < -0.4 is 5.32 Å². The van der Waals surface area contributed by atoms with E-state index < -0.39 is 0 Å². The van der Waals surface area contributed by atoms with Crippen LogP contribution in [0.2, 0.25) is 0 Å². The summed E-state index contributed by atoms with van der Waals surface area (Å²) < 4.78 is 0. The fraction of sp³-hybridized carbons (Fsp3) is 0.333. The second kappa shape index (κ2) is 2.88. The van der Waals surface area contributed by atoms with Crippen LogP contribution in [0.25, 0.3) is 0 Å². The zero-order valence-electron chi connectivity index (χ0n) is 6.30. The molecule has 0 spiro atoms. The summed E-state index contributed by atoms with van der Waals surface area (Å²) in [7, 11) is 0. The molecule has 0 atom stereocenters. The van der Waals surface area contributed by atoms with Crippen molar-refractivity contribution in [3.05, 3.63) is 29.3 Å². The van der Waals surface area contributed by atoms with Gasteiger partial charge in [0, 0.05) is 11.4 Å². The Morgan fingerprint density at radius 1 is 1.27 bits per heavy atom. The van der Waals surface area contributed by atoms with Crippen LogP contribution in [0.15, 0.2) is 23.1 Å². The summed E-state index contributed by atoms with van der Waals surface area (Å²) in [6.07, 6.45) is 1.14. The minimum Gasteiger partial charge on any atom is -0.312 e. The van der Waals surface area contributed by atoms with Crippen molar-refractivity contribution in [1.29, 1.82) is 0 Å². The Morgan fingerprint density at radius 3 is 3.09 bits per heavy atom. The number of rotatable bonds is 0. The number of thiol groups is 1. The smallest absolute Gasteiger partial charge is 0.0208 e. The average Bonchev–Trinajstić information content (AvgIpc) is 2.04. The lowest BCUT2D eigenvalue weighted by Crippen LogP contribution is -2.23. The van der Waals surface area contributed by atoms with Crippen molar-refractivity contribution >= 4 is 12.6 Å². The predicted molar refractivity (Wildman–Crippen MR) is 49.1 cm³/mol. The maximum atomic E-state index is 4.30. The molecule has 58 valence electrons. The van der Waals surface area contributed by atoms with Crippen LogP contribution in [0.5, 0.6) is 0 Å². The van der Waals surface area contributed by atoms with Crippen LogP contribution in [0.3, 0.4) is 0 Å². The summed E-state index contributed by atoms with van der Waals surface area (Å²) >= 11 is 4.30. The van der Waals surface area contributed by atoms with Crippen molar-refractivity contribution < 1.29 is 0 Å². The second-order valence-electron chi connectivity index (χ2n) is 2.88. The maximum absolute atomic E-state index is 4.30. The standard InChI is InChI=1S/C9H11NS/c11-9-2-1-8-6-10-4-3-7(8)5-9/h1-2,5,10-11H,3-4,6H2. The first kappa shape index (κ1) is 7.19. The minimum atomic E-state index is 1.02. The molecule has 0 saturated carbocycles. The number of hydrogen-bond acceptors (Lipinski definition) is 2. The Hall–Kier alpha value is -0.470. The quantitative estimate of drug-likeness (QED) is 0.557. The SMILES string of the molecule is Sc1ccc2c(c1)CCNC2. The van der Waals surface area contributed by atoms with Gasteiger partial charge in [-0.1, -0.05) is 6.07 Å². The van der Waals surface area contributed by atoms with Crippen LogP contribution >= 0.6 is 12.6 Å². The van der Waals surface area contributed by atoms with E-state index in [1.807, 2.05) is 0 Å². The summed E-state index contributed by atoms with van der Waals surface area (Å²) in [5.41, 5.74) is 2.88. The highest BCUT2D eigenvalue weighted by Gasteiger charge is 2.06. The molecular weight excluding hydrogens is 154 g/mol. The molecule has 1 aliphatic rings. The van der Waals surface area contributed by atoms with Crippen molar-refractivity contribution in [2.24, 2.45) is 0 Å². The van der Waals surface area contributed by atoms with E-state index in [1.165, 1.54) is 11.1 Å². The van der Waals surface area contributed by atoms with Crippen molar-refractivity contribution in [2.45, 2.75) is 17.9 Å². The lowest BCUT2D eigenvalue weighted by molar-refractivity contribution is 0.642. The normalized spacial score (nSPS) is 16.1. The Labute approximate surface area is 72.2 Å². The van der Waals surface area contributed by atoms with Gasteiger partial charge in [0.15, 0.2) is 0 Å². The van der Waals surface area contributed by atoms with E-state index in [0.717, 1.165) is 24.4 Å². The first-order chi connectivity index (χ1) is 5.36. The molecule has 2 heteroatoms. The van der Waals surface area contributed by atoms with E-state index in [4.69, 9.17) is 0 Å². The van der Waals surface area contributed by atoms with Crippen molar-refractivity contribution in [3.63, 3.8) is 0 Å². The van der Waals surface area contributed by atoms with Gasteiger partial charge in [0.25, 0.3) is 0 Å². The van der Waals surface area contributed by atoms with Gasteiger partial charge >= 0.3 is 0 Å². The molecule has 1 nitrogen and oxygen atoms in total. The van der Waals surface area contributed by atoms with E-state index in [9.17, 15) is 0 Å². The van der Waals surface area contributed by atoms with Crippen LogP contribution in [-0.4, -0.2) is 6.54 Å². The summed E-state index contributed by atoms with van der Waals surface area (Å²) in [5.74, 6) is 0. The van der Waals surface area contributed by atoms with Gasteiger partial charge < -0.3 is 5.32 Å². The van der Waals surface area contributed by atoms with E-state index in [-0.39, 0.29) is 0 Å². The Balaban J connectivity index is 2.43. The molecule has 0 saturated heterocycles. The monoisotopic (exact) mass is 165 g/mol. The summed E-state index contributed by atoms with van der Waals surface area (Å²) in [5, 5.41) is 3.34. The molecule has 1 aromatic rings. The zero-order chi connectivity index (χ0) is 7.68. The molecule has 1 heterocycles. The Morgan fingerprint density at radius 2 is 2.18 bits per heavy atom. The summed E-state index contributed by atoms with van der Waals surface area (Å²) in [4.78, 5) is 1.07. The zero-order valence-corrected chi connectivity index (χ0v) is 7.20.